The van der Waals surface area contributed by atoms with Crippen molar-refractivity contribution < 1.29 is 20.1 Å². The van der Waals surface area contributed by atoms with Crippen molar-refractivity contribution in [1.82, 2.24) is 0 Å². The molecule has 4 rings (SSSR count). The van der Waals surface area contributed by atoms with Gasteiger partial charge in [-0.2, -0.15) is 0 Å². The minimum absolute atomic E-state index is 0.00151. The Bertz CT molecular complexity index is 917. The Balaban J connectivity index is 1.63. The van der Waals surface area contributed by atoms with Gasteiger partial charge in [-0.15, -0.1) is 0 Å². The van der Waals surface area contributed by atoms with Gasteiger partial charge < -0.3 is 15.3 Å². The molecule has 0 aromatic heterocycles. The first-order chi connectivity index (χ1) is 16.1. The predicted molar refractivity (Wildman–Crippen MR) is 141 cm³/mol. The molecule has 9 atom stereocenters. The smallest absolute Gasteiger partial charge is 0.310 e. The van der Waals surface area contributed by atoms with Crippen molar-refractivity contribution in [2.24, 2.45) is 45.3 Å². The van der Waals surface area contributed by atoms with Crippen LogP contribution in [-0.4, -0.2) is 33.5 Å². The van der Waals surface area contributed by atoms with E-state index >= 15 is 0 Å². The lowest BCUT2D eigenvalue weighted by atomic mass is 9.42. The molecule has 1 unspecified atom stereocenters. The van der Waals surface area contributed by atoms with E-state index in [4.69, 9.17) is 0 Å². The molecule has 198 valence electrons. The van der Waals surface area contributed by atoms with Crippen molar-refractivity contribution in [3.05, 3.63) is 23.3 Å². The maximum atomic E-state index is 11.9. The first kappa shape index (κ1) is 26.9. The number of aliphatic hydroxyl groups excluding tert-OH is 2. The summed E-state index contributed by atoms with van der Waals surface area (Å²) in [5.41, 5.74) is 3.76. The summed E-state index contributed by atoms with van der Waals surface area (Å²) in [7, 11) is 0. The van der Waals surface area contributed by atoms with E-state index in [0.29, 0.717) is 17.8 Å². The van der Waals surface area contributed by atoms with Crippen LogP contribution >= 0.6 is 0 Å². The Morgan fingerprint density at radius 3 is 2.29 bits per heavy atom. The van der Waals surface area contributed by atoms with Gasteiger partial charge in [-0.05, 0) is 98.7 Å². The van der Waals surface area contributed by atoms with Crippen LogP contribution in [-0.2, 0) is 4.79 Å². The first-order valence-corrected chi connectivity index (χ1v) is 14.1. The Hall–Kier alpha value is -1.13. The minimum atomic E-state index is -0.798. The summed E-state index contributed by atoms with van der Waals surface area (Å²) in [5.74, 6) is -0.0238. The Kier molecular flexibility index (Phi) is 6.71. The third-order valence-electron chi connectivity index (χ3n) is 12.5. The number of aliphatic carboxylic acids is 1. The number of allylic oxidation sites excluding steroid dienone is 1. The van der Waals surface area contributed by atoms with Crippen LogP contribution in [0.5, 0.6) is 0 Å². The zero-order valence-electron chi connectivity index (χ0n) is 23.3. The standard InChI is InChI=1S/C31H50O4/c1-18(20(3)27(34)35)9-10-19(2)21-13-16-30(7)22-11-12-24-28(4,5)25(32)14-15-29(24,6)23(22)17-26(33)31(21,30)8/h19-21,24-26,32-33H,1,9-17H2,2-8H3,(H,34,35)/t19-,20?,21-,24+,25+,26+,29-,30+,31+/m1/s1. The topological polar surface area (TPSA) is 77.8 Å². The highest BCUT2D eigenvalue weighted by atomic mass is 16.4. The van der Waals surface area contributed by atoms with Crippen LogP contribution in [0.3, 0.4) is 0 Å². The maximum Gasteiger partial charge on any atom is 0.310 e. The van der Waals surface area contributed by atoms with Crippen LogP contribution < -0.4 is 0 Å². The van der Waals surface area contributed by atoms with Gasteiger partial charge in [0.05, 0.1) is 18.1 Å². The quantitative estimate of drug-likeness (QED) is 0.362. The highest BCUT2D eigenvalue weighted by Crippen LogP contribution is 2.72. The summed E-state index contributed by atoms with van der Waals surface area (Å²) in [6.07, 6.45) is 8.15. The van der Waals surface area contributed by atoms with Crippen LogP contribution in [0, 0.1) is 45.3 Å². The van der Waals surface area contributed by atoms with Crippen LogP contribution in [0.1, 0.15) is 106 Å². The average Bonchev–Trinajstić information content (AvgIpc) is 3.08. The number of hydrogen-bond donors (Lipinski definition) is 3. The van der Waals surface area contributed by atoms with Gasteiger partial charge in [0.1, 0.15) is 0 Å². The molecule has 0 aromatic carbocycles. The van der Waals surface area contributed by atoms with E-state index in [-0.39, 0.29) is 33.9 Å². The number of carboxylic acids is 1. The number of hydrogen-bond acceptors (Lipinski definition) is 3. The van der Waals surface area contributed by atoms with Crippen molar-refractivity contribution in [3.63, 3.8) is 0 Å². The average molecular weight is 487 g/mol. The van der Waals surface area contributed by atoms with Gasteiger partial charge in [-0.3, -0.25) is 4.79 Å². The van der Waals surface area contributed by atoms with Crippen molar-refractivity contribution in [2.75, 3.05) is 0 Å². The van der Waals surface area contributed by atoms with E-state index in [1.165, 1.54) is 5.57 Å². The molecule has 0 bridgehead atoms. The predicted octanol–water partition coefficient (Wildman–Crippen LogP) is 6.76. The monoisotopic (exact) mass is 486 g/mol. The molecular weight excluding hydrogens is 436 g/mol. The summed E-state index contributed by atoms with van der Waals surface area (Å²) in [5, 5.41) is 32.1. The maximum absolute atomic E-state index is 11.9. The number of fused-ring (bicyclic) bond motifs is 4. The van der Waals surface area contributed by atoms with Gasteiger partial charge in [0.2, 0.25) is 0 Å². The van der Waals surface area contributed by atoms with Gasteiger partial charge in [0.15, 0.2) is 0 Å². The summed E-state index contributed by atoms with van der Waals surface area (Å²) >= 11 is 0. The first-order valence-electron chi connectivity index (χ1n) is 14.1. The van der Waals surface area contributed by atoms with E-state index in [9.17, 15) is 20.1 Å². The van der Waals surface area contributed by atoms with E-state index in [1.54, 1.807) is 12.5 Å². The van der Waals surface area contributed by atoms with E-state index < -0.39 is 11.9 Å². The Morgan fingerprint density at radius 2 is 1.66 bits per heavy atom. The van der Waals surface area contributed by atoms with Crippen molar-refractivity contribution in [2.45, 2.75) is 118 Å². The molecule has 3 N–H and O–H groups in total. The lowest BCUT2D eigenvalue weighted by molar-refractivity contribution is -0.139. The normalized spacial score (nSPS) is 44.1. The van der Waals surface area contributed by atoms with E-state index in [1.807, 2.05) is 0 Å². The Labute approximate surface area is 213 Å². The molecule has 0 heterocycles. The molecule has 0 radical (unpaired) electrons. The molecule has 4 aliphatic carbocycles. The molecular formula is C31H50O4. The lowest BCUT2D eigenvalue weighted by Gasteiger charge is -2.63. The fourth-order valence-electron chi connectivity index (χ4n) is 9.64. The minimum Gasteiger partial charge on any atom is -0.481 e. The molecule has 0 amide bonds. The van der Waals surface area contributed by atoms with Gasteiger partial charge in [-0.25, -0.2) is 0 Å². The lowest BCUT2D eigenvalue weighted by Crippen LogP contribution is -2.58. The van der Waals surface area contributed by atoms with Crippen LogP contribution in [0.2, 0.25) is 0 Å². The largest absolute Gasteiger partial charge is 0.481 e. The van der Waals surface area contributed by atoms with Gasteiger partial charge in [0, 0.05) is 5.41 Å². The van der Waals surface area contributed by atoms with E-state index in [2.05, 4.69) is 48.1 Å². The second-order valence-corrected chi connectivity index (χ2v) is 14.1. The van der Waals surface area contributed by atoms with E-state index in [0.717, 1.165) is 63.4 Å². The van der Waals surface area contributed by atoms with Gasteiger partial charge >= 0.3 is 5.97 Å². The highest BCUT2D eigenvalue weighted by Gasteiger charge is 2.66. The second kappa shape index (κ2) is 8.72. The summed E-state index contributed by atoms with van der Waals surface area (Å²) in [6.45, 7) is 19.8. The fourth-order valence-corrected chi connectivity index (χ4v) is 9.64. The third kappa shape index (κ3) is 3.71. The molecule has 0 aliphatic heterocycles. The number of aliphatic hydroxyl groups is 2. The number of rotatable bonds is 6. The summed E-state index contributed by atoms with van der Waals surface area (Å²) in [6, 6.07) is 0. The molecule has 0 saturated heterocycles. The van der Waals surface area contributed by atoms with Crippen LogP contribution in [0.4, 0.5) is 0 Å². The number of carboxylic acid groups (broad SMARTS) is 1. The zero-order chi connectivity index (χ0) is 26.1. The SMILES string of the molecule is C=C(CC[C@@H](C)[C@H]1CC[C@@]2(C)C3=C(C[C@H](O)[C@]12C)[C@@]1(C)CC[C@H](O)C(C)(C)[C@@H]1CC3)C(C)C(=O)O. The number of carbonyl (C=O) groups is 1. The Morgan fingerprint density at radius 1 is 1.00 bits per heavy atom. The molecule has 35 heavy (non-hydrogen) atoms. The summed E-state index contributed by atoms with van der Waals surface area (Å²) in [4.78, 5) is 11.4. The van der Waals surface area contributed by atoms with Crippen molar-refractivity contribution in [3.8, 4) is 0 Å². The molecule has 0 aromatic rings. The molecule has 0 spiro atoms. The fraction of sp³-hybridized carbons (Fsp3) is 0.839. The van der Waals surface area contributed by atoms with Crippen LogP contribution in [0.15, 0.2) is 23.3 Å². The molecule has 4 heteroatoms. The van der Waals surface area contributed by atoms with Crippen molar-refractivity contribution >= 4 is 5.97 Å². The van der Waals surface area contributed by atoms with Crippen LogP contribution in [0.25, 0.3) is 0 Å². The second-order valence-electron chi connectivity index (χ2n) is 14.1. The highest BCUT2D eigenvalue weighted by molar-refractivity contribution is 5.72. The molecule has 4 nitrogen and oxygen atoms in total. The molecule has 2 fully saturated rings. The molecule has 2 saturated carbocycles. The summed E-state index contributed by atoms with van der Waals surface area (Å²) < 4.78 is 0. The van der Waals surface area contributed by atoms with Gasteiger partial charge in [0.25, 0.3) is 0 Å². The zero-order valence-corrected chi connectivity index (χ0v) is 23.3. The molecule has 4 aliphatic rings. The van der Waals surface area contributed by atoms with Gasteiger partial charge in [-0.1, -0.05) is 64.8 Å². The van der Waals surface area contributed by atoms with Crippen molar-refractivity contribution in [1.29, 1.82) is 0 Å². The third-order valence-corrected chi connectivity index (χ3v) is 12.5.